The topological polar surface area (TPSA) is 81.4 Å². The van der Waals surface area contributed by atoms with Crippen molar-refractivity contribution in [3.63, 3.8) is 0 Å². The van der Waals surface area contributed by atoms with Gasteiger partial charge in [0.1, 0.15) is 0 Å². The average Bonchev–Trinajstić information content (AvgIpc) is 2.77. The molecule has 0 saturated heterocycles. The third-order valence-corrected chi connectivity index (χ3v) is 5.67. The zero-order valence-corrected chi connectivity index (χ0v) is 19.8. The number of rotatable bonds is 19. The standard InChI is InChI=1S/C26H44N2O3/c1-3-5-6-7-8-9-10-11-12-13-14-15-16-21-28-23-19-17-22(18-20-23)26(30)31-24(4-2)25(27)29/h17-20,24,28H,3-16,21H2,1-2H3,(H2,27,29). The number of hydrogen-bond donors (Lipinski definition) is 2. The zero-order chi connectivity index (χ0) is 22.7. The van der Waals surface area contributed by atoms with Crippen LogP contribution in [0.2, 0.25) is 0 Å². The van der Waals surface area contributed by atoms with Crippen molar-refractivity contribution >= 4 is 17.6 Å². The largest absolute Gasteiger partial charge is 0.449 e. The van der Waals surface area contributed by atoms with Gasteiger partial charge in [-0.2, -0.15) is 0 Å². The first-order chi connectivity index (χ1) is 15.1. The first-order valence-electron chi connectivity index (χ1n) is 12.4. The molecule has 0 radical (unpaired) electrons. The van der Waals surface area contributed by atoms with Crippen LogP contribution in [0.3, 0.4) is 0 Å². The first-order valence-corrected chi connectivity index (χ1v) is 12.4. The maximum Gasteiger partial charge on any atom is 0.338 e. The summed E-state index contributed by atoms with van der Waals surface area (Å²) in [4.78, 5) is 23.3. The van der Waals surface area contributed by atoms with Crippen molar-refractivity contribution < 1.29 is 14.3 Å². The third kappa shape index (κ3) is 13.1. The van der Waals surface area contributed by atoms with Crippen LogP contribution in [0.4, 0.5) is 5.69 Å². The molecule has 0 aromatic heterocycles. The smallest absolute Gasteiger partial charge is 0.338 e. The maximum absolute atomic E-state index is 12.1. The molecular formula is C26H44N2O3. The molecule has 0 heterocycles. The van der Waals surface area contributed by atoms with Crippen molar-refractivity contribution in [3.8, 4) is 0 Å². The van der Waals surface area contributed by atoms with Crippen molar-refractivity contribution in [2.45, 2.75) is 110 Å². The van der Waals surface area contributed by atoms with E-state index in [1.807, 2.05) is 12.1 Å². The second-order valence-corrected chi connectivity index (χ2v) is 8.45. The minimum atomic E-state index is -0.874. The maximum atomic E-state index is 12.1. The Morgan fingerprint density at radius 3 is 1.74 bits per heavy atom. The van der Waals surface area contributed by atoms with Crippen LogP contribution in [-0.4, -0.2) is 24.5 Å². The van der Waals surface area contributed by atoms with Crippen LogP contribution in [0.15, 0.2) is 24.3 Å². The quantitative estimate of drug-likeness (QED) is 0.190. The highest BCUT2D eigenvalue weighted by molar-refractivity contribution is 5.92. The lowest BCUT2D eigenvalue weighted by molar-refractivity contribution is -0.126. The Hall–Kier alpha value is -2.04. The fraction of sp³-hybridized carbons (Fsp3) is 0.692. The lowest BCUT2D eigenvalue weighted by Gasteiger charge is -2.13. The van der Waals surface area contributed by atoms with E-state index in [0.717, 1.165) is 18.7 Å². The molecule has 1 amide bonds. The number of ether oxygens (including phenoxy) is 1. The number of benzene rings is 1. The molecule has 5 heteroatoms. The van der Waals surface area contributed by atoms with Gasteiger partial charge in [-0.05, 0) is 37.1 Å². The minimum Gasteiger partial charge on any atom is -0.449 e. The Labute approximate surface area is 189 Å². The third-order valence-electron chi connectivity index (χ3n) is 5.67. The number of nitrogens with one attached hydrogen (secondary N) is 1. The van der Waals surface area contributed by atoms with Crippen LogP contribution >= 0.6 is 0 Å². The van der Waals surface area contributed by atoms with Gasteiger partial charge in [-0.15, -0.1) is 0 Å². The molecule has 1 rings (SSSR count). The molecule has 0 aliphatic rings. The minimum absolute atomic E-state index is 0.375. The molecule has 3 N–H and O–H groups in total. The van der Waals surface area contributed by atoms with Gasteiger partial charge in [0.15, 0.2) is 6.10 Å². The Morgan fingerprint density at radius 1 is 0.806 bits per heavy atom. The molecule has 176 valence electrons. The number of anilines is 1. The second kappa shape index (κ2) is 17.6. The van der Waals surface area contributed by atoms with Gasteiger partial charge in [0, 0.05) is 12.2 Å². The van der Waals surface area contributed by atoms with Gasteiger partial charge >= 0.3 is 5.97 Å². The van der Waals surface area contributed by atoms with Gasteiger partial charge in [-0.1, -0.05) is 90.9 Å². The number of nitrogens with two attached hydrogens (primary N) is 1. The zero-order valence-electron chi connectivity index (χ0n) is 19.8. The van der Waals surface area contributed by atoms with E-state index < -0.39 is 18.0 Å². The first kappa shape index (κ1) is 27.0. The molecule has 5 nitrogen and oxygen atoms in total. The van der Waals surface area contributed by atoms with E-state index in [9.17, 15) is 9.59 Å². The molecule has 0 fully saturated rings. The van der Waals surface area contributed by atoms with E-state index in [0.29, 0.717) is 12.0 Å². The van der Waals surface area contributed by atoms with Crippen molar-refractivity contribution in [2.24, 2.45) is 5.73 Å². The summed E-state index contributed by atoms with van der Waals surface area (Å²) in [6.07, 6.45) is 17.1. The molecule has 1 aromatic rings. The van der Waals surface area contributed by atoms with E-state index in [1.165, 1.54) is 77.0 Å². The fourth-order valence-electron chi connectivity index (χ4n) is 3.64. The van der Waals surface area contributed by atoms with Crippen LogP contribution < -0.4 is 11.1 Å². The monoisotopic (exact) mass is 432 g/mol. The highest BCUT2D eigenvalue weighted by atomic mass is 16.5. The summed E-state index contributed by atoms with van der Waals surface area (Å²) in [5, 5.41) is 3.39. The van der Waals surface area contributed by atoms with Crippen molar-refractivity contribution in [1.82, 2.24) is 0 Å². The number of unbranched alkanes of at least 4 members (excludes halogenated alkanes) is 12. The summed E-state index contributed by atoms with van der Waals surface area (Å²) in [7, 11) is 0. The molecule has 0 saturated carbocycles. The van der Waals surface area contributed by atoms with Crippen molar-refractivity contribution in [3.05, 3.63) is 29.8 Å². The van der Waals surface area contributed by atoms with Crippen molar-refractivity contribution in [1.29, 1.82) is 0 Å². The van der Waals surface area contributed by atoms with Gasteiger partial charge in [-0.3, -0.25) is 4.79 Å². The number of carbonyl (C=O) groups is 2. The highest BCUT2D eigenvalue weighted by Crippen LogP contribution is 2.14. The summed E-state index contributed by atoms with van der Waals surface area (Å²) in [5.41, 5.74) is 6.62. The molecule has 31 heavy (non-hydrogen) atoms. The lowest BCUT2D eigenvalue weighted by Crippen LogP contribution is -2.32. The Morgan fingerprint density at radius 2 is 1.29 bits per heavy atom. The molecule has 0 aliphatic heterocycles. The summed E-state index contributed by atoms with van der Waals surface area (Å²) in [6, 6.07) is 7.15. The predicted octanol–water partition coefficient (Wildman–Crippen LogP) is 6.61. The SMILES string of the molecule is CCCCCCCCCCCCCCCNc1ccc(C(=O)OC(CC)C(N)=O)cc1. The van der Waals surface area contributed by atoms with Crippen LogP contribution in [-0.2, 0) is 9.53 Å². The molecule has 1 atom stereocenters. The average molecular weight is 433 g/mol. The molecule has 0 aliphatic carbocycles. The van der Waals surface area contributed by atoms with Gasteiger partial charge in [0.25, 0.3) is 5.91 Å². The van der Waals surface area contributed by atoms with Gasteiger partial charge in [0.2, 0.25) is 0 Å². The van der Waals surface area contributed by atoms with Gasteiger partial charge in [-0.25, -0.2) is 4.79 Å². The normalized spacial score (nSPS) is 11.8. The van der Waals surface area contributed by atoms with E-state index >= 15 is 0 Å². The number of carbonyl (C=O) groups excluding carboxylic acids is 2. The number of esters is 1. The van der Waals surface area contributed by atoms with Crippen LogP contribution in [0.25, 0.3) is 0 Å². The van der Waals surface area contributed by atoms with Gasteiger partial charge in [0.05, 0.1) is 5.56 Å². The van der Waals surface area contributed by atoms with Crippen LogP contribution in [0.5, 0.6) is 0 Å². The van der Waals surface area contributed by atoms with E-state index in [-0.39, 0.29) is 0 Å². The van der Waals surface area contributed by atoms with E-state index in [1.54, 1.807) is 19.1 Å². The molecule has 1 unspecified atom stereocenters. The summed E-state index contributed by atoms with van der Waals surface area (Å²) in [6.45, 7) is 4.96. The fourth-order valence-corrected chi connectivity index (χ4v) is 3.64. The van der Waals surface area contributed by atoms with Crippen LogP contribution in [0, 0.1) is 0 Å². The van der Waals surface area contributed by atoms with Crippen molar-refractivity contribution in [2.75, 3.05) is 11.9 Å². The Kier molecular flexibility index (Phi) is 15.3. The number of amides is 1. The summed E-state index contributed by atoms with van der Waals surface area (Å²) < 4.78 is 5.14. The second-order valence-electron chi connectivity index (χ2n) is 8.45. The summed E-state index contributed by atoms with van der Waals surface area (Å²) >= 11 is 0. The van der Waals surface area contributed by atoms with E-state index in [2.05, 4.69) is 12.2 Å². The molecule has 1 aromatic carbocycles. The molecule has 0 bridgehead atoms. The van der Waals surface area contributed by atoms with E-state index in [4.69, 9.17) is 10.5 Å². The molecule has 0 spiro atoms. The number of primary amides is 1. The highest BCUT2D eigenvalue weighted by Gasteiger charge is 2.19. The molecular weight excluding hydrogens is 388 g/mol. The number of hydrogen-bond acceptors (Lipinski definition) is 4. The lowest BCUT2D eigenvalue weighted by atomic mass is 10.0. The summed E-state index contributed by atoms with van der Waals surface area (Å²) in [5.74, 6) is -1.14. The Bertz CT molecular complexity index is 601. The van der Waals surface area contributed by atoms with Crippen LogP contribution in [0.1, 0.15) is 114 Å². The predicted molar refractivity (Wildman–Crippen MR) is 129 cm³/mol. The Balaban J connectivity index is 2.04. The van der Waals surface area contributed by atoms with Gasteiger partial charge < -0.3 is 15.8 Å².